The molecule has 0 bridgehead atoms. The molecule has 35 heavy (non-hydrogen) atoms. The Bertz CT molecular complexity index is 1290. The summed E-state index contributed by atoms with van der Waals surface area (Å²) in [6.07, 6.45) is 4.51. The van der Waals surface area contributed by atoms with E-state index in [1.54, 1.807) is 41.8 Å². The van der Waals surface area contributed by atoms with Crippen LogP contribution in [0, 0.1) is 17.3 Å². The summed E-state index contributed by atoms with van der Waals surface area (Å²) in [7, 11) is 0. The number of thiazole rings is 1. The molecule has 1 spiro atoms. The number of piperidine rings is 1. The minimum atomic E-state index is -0.488. The Balaban J connectivity index is 1.20. The number of carbonyl (C=O) groups excluding carboxylic acids is 1. The van der Waals surface area contributed by atoms with Gasteiger partial charge in [-0.1, -0.05) is 5.92 Å². The average Bonchev–Trinajstić information content (AvgIpc) is 3.43. The highest BCUT2D eigenvalue weighted by Gasteiger charge is 2.47. The Morgan fingerprint density at radius 3 is 2.71 bits per heavy atom. The summed E-state index contributed by atoms with van der Waals surface area (Å²) in [5.41, 5.74) is 16.2. The van der Waals surface area contributed by atoms with Crippen molar-refractivity contribution < 1.29 is 14.6 Å². The van der Waals surface area contributed by atoms with E-state index in [0.29, 0.717) is 28.5 Å². The van der Waals surface area contributed by atoms with E-state index in [4.69, 9.17) is 16.2 Å². The van der Waals surface area contributed by atoms with Crippen LogP contribution >= 0.6 is 11.3 Å². The molecular weight excluding hydrogens is 464 g/mol. The van der Waals surface area contributed by atoms with Crippen molar-refractivity contribution in [3.63, 3.8) is 0 Å². The molecule has 1 aromatic carbocycles. The molecule has 5 N–H and O–H groups in total. The van der Waals surface area contributed by atoms with Crippen molar-refractivity contribution in [2.45, 2.75) is 31.9 Å². The number of anilines is 1. The molecule has 0 saturated carbocycles. The maximum absolute atomic E-state index is 11.1. The van der Waals surface area contributed by atoms with Gasteiger partial charge < -0.3 is 26.2 Å². The van der Waals surface area contributed by atoms with Gasteiger partial charge in [0.2, 0.25) is 5.91 Å². The topological polar surface area (TPSA) is 140 Å². The Hall–Kier alpha value is -3.52. The number of rotatable bonds is 5. The Labute approximate surface area is 207 Å². The van der Waals surface area contributed by atoms with E-state index in [2.05, 4.69) is 31.7 Å². The number of hydrogen-bond donors (Lipinski definition) is 3. The number of aromatic nitrogens is 3. The number of amides is 1. The molecule has 2 aliphatic rings. The van der Waals surface area contributed by atoms with Gasteiger partial charge in [0, 0.05) is 23.5 Å². The molecule has 10 heteroatoms. The highest BCUT2D eigenvalue weighted by atomic mass is 32.1. The van der Waals surface area contributed by atoms with E-state index in [-0.39, 0.29) is 24.7 Å². The standard InChI is InChI=1S/C25H26N6O3S/c26-22-21-20(35-15-29-21)12-25(22)7-9-31(10-8-25)24-19(14-32)30-17(13-28-24)2-1-11-34-18-5-3-16(4-6-18)23(27)33/h3-6,13,15,22,32H,7-12,14,26H2,(H2,27,33)/t22-/m1/s1. The number of nitrogens with two attached hydrogens (primary N) is 2. The number of benzene rings is 1. The second-order valence-corrected chi connectivity index (χ2v) is 9.77. The van der Waals surface area contributed by atoms with Gasteiger partial charge in [-0.15, -0.1) is 11.3 Å². The first-order valence-electron chi connectivity index (χ1n) is 11.4. The normalized spacial score (nSPS) is 18.1. The van der Waals surface area contributed by atoms with Crippen LogP contribution in [0.25, 0.3) is 0 Å². The highest BCUT2D eigenvalue weighted by molar-refractivity contribution is 7.09. The van der Waals surface area contributed by atoms with Gasteiger partial charge in [-0.05, 0) is 54.9 Å². The van der Waals surface area contributed by atoms with Crippen LogP contribution in [-0.4, -0.2) is 45.7 Å². The van der Waals surface area contributed by atoms with Crippen LogP contribution in [0.15, 0.2) is 36.0 Å². The summed E-state index contributed by atoms with van der Waals surface area (Å²) in [6.45, 7) is 1.53. The monoisotopic (exact) mass is 490 g/mol. The van der Waals surface area contributed by atoms with Gasteiger partial charge in [-0.25, -0.2) is 15.0 Å². The zero-order chi connectivity index (χ0) is 24.4. The largest absolute Gasteiger partial charge is 0.481 e. The number of nitrogens with zero attached hydrogens (tertiary/aromatic N) is 4. The SMILES string of the molecule is NC(=O)c1ccc(OCC#Cc2cnc(N3CCC4(CC3)Cc3scnc3[C@H]4N)c(CO)n2)cc1. The highest BCUT2D eigenvalue weighted by Crippen LogP contribution is 2.51. The van der Waals surface area contributed by atoms with Crippen LogP contribution in [0.4, 0.5) is 5.82 Å². The van der Waals surface area contributed by atoms with Gasteiger partial charge in [0.1, 0.15) is 23.7 Å². The van der Waals surface area contributed by atoms with Crippen molar-refractivity contribution in [2.75, 3.05) is 24.6 Å². The molecular formula is C25H26N6O3S. The second-order valence-electron chi connectivity index (χ2n) is 8.83. The molecule has 1 fully saturated rings. The van der Waals surface area contributed by atoms with E-state index in [1.807, 2.05) is 5.51 Å². The molecule has 0 unspecified atom stereocenters. The lowest BCUT2D eigenvalue weighted by molar-refractivity contribution is 0.1000. The van der Waals surface area contributed by atoms with E-state index in [0.717, 1.165) is 38.0 Å². The van der Waals surface area contributed by atoms with Crippen LogP contribution in [-0.2, 0) is 13.0 Å². The van der Waals surface area contributed by atoms with Gasteiger partial charge in [-0.2, -0.15) is 0 Å². The predicted octanol–water partition coefficient (Wildman–Crippen LogP) is 1.80. The molecule has 1 aliphatic heterocycles. The number of aliphatic hydroxyl groups is 1. The molecule has 9 nitrogen and oxygen atoms in total. The van der Waals surface area contributed by atoms with Crippen molar-refractivity contribution in [1.29, 1.82) is 0 Å². The average molecular weight is 491 g/mol. The zero-order valence-electron chi connectivity index (χ0n) is 19.1. The summed E-state index contributed by atoms with van der Waals surface area (Å²) >= 11 is 1.70. The van der Waals surface area contributed by atoms with Gasteiger partial charge in [0.15, 0.2) is 5.82 Å². The molecule has 1 aliphatic carbocycles. The number of primary amides is 1. The van der Waals surface area contributed by atoms with Crippen LogP contribution in [0.3, 0.4) is 0 Å². The minimum Gasteiger partial charge on any atom is -0.481 e. The van der Waals surface area contributed by atoms with Crippen LogP contribution < -0.4 is 21.1 Å². The van der Waals surface area contributed by atoms with E-state index < -0.39 is 5.91 Å². The fraction of sp³-hybridized carbons (Fsp3) is 0.360. The Morgan fingerprint density at radius 1 is 1.26 bits per heavy atom. The smallest absolute Gasteiger partial charge is 0.248 e. The molecule has 1 atom stereocenters. The molecule has 3 aromatic rings. The minimum absolute atomic E-state index is 0.0183. The van der Waals surface area contributed by atoms with E-state index in [1.165, 1.54) is 4.88 Å². The number of aliphatic hydroxyl groups excluding tert-OH is 1. The fourth-order valence-corrected chi connectivity index (χ4v) is 5.81. The number of carbonyl (C=O) groups is 1. The van der Waals surface area contributed by atoms with Crippen molar-refractivity contribution >= 4 is 23.1 Å². The first-order chi connectivity index (χ1) is 17.0. The van der Waals surface area contributed by atoms with Gasteiger partial charge in [0.05, 0.1) is 30.1 Å². The quantitative estimate of drug-likeness (QED) is 0.460. The van der Waals surface area contributed by atoms with Gasteiger partial charge in [0.25, 0.3) is 0 Å². The third-order valence-electron chi connectivity index (χ3n) is 6.84. The molecule has 3 heterocycles. The maximum Gasteiger partial charge on any atom is 0.248 e. The third kappa shape index (κ3) is 4.58. The van der Waals surface area contributed by atoms with Crippen LogP contribution in [0.5, 0.6) is 5.75 Å². The van der Waals surface area contributed by atoms with Crippen LogP contribution in [0.2, 0.25) is 0 Å². The van der Waals surface area contributed by atoms with Crippen molar-refractivity contribution in [1.82, 2.24) is 15.0 Å². The molecule has 5 rings (SSSR count). The lowest BCUT2D eigenvalue weighted by atomic mass is 9.73. The van der Waals surface area contributed by atoms with Gasteiger partial charge >= 0.3 is 0 Å². The lowest BCUT2D eigenvalue weighted by Crippen LogP contribution is -2.45. The number of fused-ring (bicyclic) bond motifs is 1. The molecule has 1 saturated heterocycles. The van der Waals surface area contributed by atoms with E-state index >= 15 is 0 Å². The predicted molar refractivity (Wildman–Crippen MR) is 132 cm³/mol. The second kappa shape index (κ2) is 9.62. The van der Waals surface area contributed by atoms with Crippen LogP contribution in [0.1, 0.15) is 51.2 Å². The number of hydrogen-bond acceptors (Lipinski definition) is 9. The third-order valence-corrected chi connectivity index (χ3v) is 7.69. The Morgan fingerprint density at radius 2 is 2.03 bits per heavy atom. The lowest BCUT2D eigenvalue weighted by Gasteiger charge is -2.42. The van der Waals surface area contributed by atoms with Crippen molar-refractivity contribution in [3.05, 3.63) is 63.5 Å². The molecule has 1 amide bonds. The summed E-state index contributed by atoms with van der Waals surface area (Å²) in [5.74, 6) is 6.61. The number of ether oxygens (including phenoxy) is 1. The summed E-state index contributed by atoms with van der Waals surface area (Å²) in [6, 6.07) is 6.51. The molecule has 0 radical (unpaired) electrons. The Kier molecular flexibility index (Phi) is 6.38. The maximum atomic E-state index is 11.1. The summed E-state index contributed by atoms with van der Waals surface area (Å²) in [5, 5.41) is 9.93. The first-order valence-corrected chi connectivity index (χ1v) is 12.3. The fourth-order valence-electron chi connectivity index (χ4n) is 4.85. The van der Waals surface area contributed by atoms with Crippen molar-refractivity contribution in [2.24, 2.45) is 16.9 Å². The summed E-state index contributed by atoms with van der Waals surface area (Å²) in [4.78, 5) is 28.2. The van der Waals surface area contributed by atoms with Crippen molar-refractivity contribution in [3.8, 4) is 17.6 Å². The van der Waals surface area contributed by atoms with Gasteiger partial charge in [-0.3, -0.25) is 4.79 Å². The molecule has 180 valence electrons. The first kappa shape index (κ1) is 23.2. The zero-order valence-corrected chi connectivity index (χ0v) is 19.9. The molecule has 2 aromatic heterocycles. The summed E-state index contributed by atoms with van der Waals surface area (Å²) < 4.78 is 5.56. The van der Waals surface area contributed by atoms with E-state index in [9.17, 15) is 9.90 Å².